The van der Waals surface area contributed by atoms with E-state index < -0.39 is 0 Å². The number of quaternary nitrogens is 1. The summed E-state index contributed by atoms with van der Waals surface area (Å²) in [6.45, 7) is 8.73. The maximum atomic E-state index is 13.4. The molecule has 0 saturated carbocycles. The topological polar surface area (TPSA) is 55.1 Å². The van der Waals surface area contributed by atoms with E-state index in [0.717, 1.165) is 44.0 Å². The predicted molar refractivity (Wildman–Crippen MR) is 90.4 cm³/mol. The normalized spacial score (nSPS) is 29.3. The van der Waals surface area contributed by atoms with Crippen LogP contribution in [0.2, 0.25) is 0 Å². The van der Waals surface area contributed by atoms with E-state index in [1.54, 1.807) is 0 Å². The summed E-state index contributed by atoms with van der Waals surface area (Å²) in [4.78, 5) is 4.50. The maximum absolute atomic E-state index is 13.4. The number of hydrogen-bond acceptors (Lipinski definition) is 6. The number of nitrogens with zero attached hydrogens (tertiary/aromatic N) is 5. The van der Waals surface area contributed by atoms with E-state index in [1.807, 2.05) is 0 Å². The van der Waals surface area contributed by atoms with Crippen LogP contribution in [-0.2, 0) is 6.42 Å². The zero-order valence-electron chi connectivity index (χ0n) is 13.7. The van der Waals surface area contributed by atoms with E-state index in [1.165, 1.54) is 30.6 Å². The molecule has 22 heavy (non-hydrogen) atoms. The van der Waals surface area contributed by atoms with Crippen LogP contribution < -0.4 is 4.65 Å². The van der Waals surface area contributed by atoms with Gasteiger partial charge in [-0.05, 0) is 17.8 Å². The highest BCUT2D eigenvalue weighted by Gasteiger charge is 2.49. The Morgan fingerprint density at radius 1 is 1.23 bits per heavy atom. The quantitative estimate of drug-likeness (QED) is 0.318. The van der Waals surface area contributed by atoms with Crippen molar-refractivity contribution in [2.24, 2.45) is 0 Å². The minimum Gasteiger partial charge on any atom is -0.623 e. The van der Waals surface area contributed by atoms with Crippen molar-refractivity contribution in [2.45, 2.75) is 52.1 Å². The first-order valence-electron chi connectivity index (χ1n) is 8.55. The van der Waals surface area contributed by atoms with Crippen molar-refractivity contribution in [3.63, 3.8) is 0 Å². The van der Waals surface area contributed by atoms with Crippen LogP contribution in [0.1, 0.15) is 44.5 Å². The molecule has 2 atom stereocenters. The number of aryl methyl sites for hydroxylation is 1. The summed E-state index contributed by atoms with van der Waals surface area (Å²) in [5.41, 5.74) is 0. The maximum Gasteiger partial charge on any atom is 0.309 e. The van der Waals surface area contributed by atoms with Gasteiger partial charge in [0.25, 0.3) is 0 Å². The summed E-state index contributed by atoms with van der Waals surface area (Å²) in [6, 6.07) is 0. The number of likely N-dealkylation sites (N-methyl/N-ethyl adjacent to an activating group) is 1. The van der Waals surface area contributed by atoms with Gasteiger partial charge in [-0.25, -0.2) is 9.80 Å². The molecule has 0 spiro atoms. The summed E-state index contributed by atoms with van der Waals surface area (Å²) in [5.74, 6) is 0. The fourth-order valence-electron chi connectivity index (χ4n) is 3.17. The molecule has 0 aliphatic carbocycles. The van der Waals surface area contributed by atoms with Crippen LogP contribution in [0.4, 0.5) is 5.13 Å². The predicted octanol–water partition coefficient (Wildman–Crippen LogP) is 2.40. The molecule has 2 aliphatic rings. The summed E-state index contributed by atoms with van der Waals surface area (Å²) in [5, 5.41) is 23.7. The minimum atomic E-state index is -0.319. The first-order chi connectivity index (χ1) is 10.7. The third-order valence-corrected chi connectivity index (χ3v) is 5.78. The lowest BCUT2D eigenvalue weighted by molar-refractivity contribution is 0.232. The van der Waals surface area contributed by atoms with Crippen LogP contribution in [0, 0.1) is 5.21 Å². The highest BCUT2D eigenvalue weighted by atomic mass is 32.1. The highest BCUT2D eigenvalue weighted by molar-refractivity contribution is 7.15. The molecule has 0 radical (unpaired) electrons. The van der Waals surface area contributed by atoms with Gasteiger partial charge in [-0.3, -0.25) is 4.65 Å². The molecule has 0 bridgehead atoms. The number of hydrogen-bond donors (Lipinski definition) is 0. The van der Waals surface area contributed by atoms with Crippen LogP contribution in [0.15, 0.2) is 0 Å². The summed E-state index contributed by atoms with van der Waals surface area (Å²) in [6.07, 6.45) is 5.88. The summed E-state index contributed by atoms with van der Waals surface area (Å²) in [7, 11) is 0. The van der Waals surface area contributed by atoms with Crippen molar-refractivity contribution < 1.29 is 0 Å². The van der Waals surface area contributed by atoms with E-state index >= 15 is 0 Å². The monoisotopic (exact) mass is 325 g/mol. The lowest BCUT2D eigenvalue weighted by Gasteiger charge is -2.39. The third kappa shape index (κ3) is 3.33. The Hall–Kier alpha value is -0.600. The van der Waals surface area contributed by atoms with E-state index in [4.69, 9.17) is 0 Å². The second kappa shape index (κ2) is 6.88. The van der Waals surface area contributed by atoms with Gasteiger partial charge in [0.2, 0.25) is 0 Å². The van der Waals surface area contributed by atoms with Crippen molar-refractivity contribution in [1.82, 2.24) is 24.6 Å². The van der Waals surface area contributed by atoms with E-state index in [9.17, 15) is 5.21 Å². The van der Waals surface area contributed by atoms with Crippen molar-refractivity contribution in [2.75, 3.05) is 32.8 Å². The second-order valence-electron chi connectivity index (χ2n) is 6.41. The van der Waals surface area contributed by atoms with E-state index in [2.05, 4.69) is 33.8 Å². The molecular formula is C15H27N5OS. The molecule has 2 aliphatic heterocycles. The third-order valence-electron chi connectivity index (χ3n) is 4.69. The average Bonchev–Trinajstić information content (AvgIpc) is 3.13. The van der Waals surface area contributed by atoms with Crippen LogP contribution in [-0.4, -0.2) is 59.0 Å². The molecule has 2 fully saturated rings. The van der Waals surface area contributed by atoms with E-state index in [0.29, 0.717) is 11.8 Å². The zero-order valence-corrected chi connectivity index (χ0v) is 14.5. The van der Waals surface area contributed by atoms with Gasteiger partial charge in [0, 0.05) is 26.1 Å². The Labute approximate surface area is 136 Å². The fraction of sp³-hybridized carbons (Fsp3) is 0.867. The Morgan fingerprint density at radius 2 is 2.05 bits per heavy atom. The minimum absolute atomic E-state index is 0.0147. The Kier molecular flexibility index (Phi) is 5.09. The first-order valence-corrected chi connectivity index (χ1v) is 9.37. The lowest BCUT2D eigenvalue weighted by atomic mass is 10.2. The van der Waals surface area contributed by atoms with Crippen LogP contribution >= 0.6 is 11.3 Å². The largest absolute Gasteiger partial charge is 0.623 e. The van der Waals surface area contributed by atoms with Crippen molar-refractivity contribution >= 4 is 16.5 Å². The van der Waals surface area contributed by atoms with Gasteiger partial charge in [-0.1, -0.05) is 38.2 Å². The molecule has 2 unspecified atom stereocenters. The second-order valence-corrected chi connectivity index (χ2v) is 7.45. The van der Waals surface area contributed by atoms with Gasteiger partial charge in [-0.2, -0.15) is 0 Å². The highest BCUT2D eigenvalue weighted by Crippen LogP contribution is 2.37. The van der Waals surface area contributed by atoms with Gasteiger partial charge in [-0.15, -0.1) is 5.10 Å². The molecule has 2 saturated heterocycles. The molecule has 1 aromatic heterocycles. The Bertz CT molecular complexity index is 492. The summed E-state index contributed by atoms with van der Waals surface area (Å²) < 4.78 is -0.319. The first kappa shape index (κ1) is 16.3. The standard InChI is InChI=1S/C15H27N5OS/c1-3-5-6-7-8-13-16-17-15(22-13)20(21)12-18(4-2)11-14(20)19-9-10-19/h14H,3-12H2,1-2H3. The summed E-state index contributed by atoms with van der Waals surface area (Å²) >= 11 is 1.53. The molecule has 0 N–H and O–H groups in total. The number of unbranched alkanes of at least 4 members (excludes halogenated alkanes) is 3. The lowest BCUT2D eigenvalue weighted by Crippen LogP contribution is -2.52. The van der Waals surface area contributed by atoms with Crippen molar-refractivity contribution in [3.8, 4) is 0 Å². The molecule has 124 valence electrons. The molecule has 7 heteroatoms. The van der Waals surface area contributed by atoms with Crippen LogP contribution in [0.5, 0.6) is 0 Å². The van der Waals surface area contributed by atoms with Gasteiger partial charge < -0.3 is 5.21 Å². The van der Waals surface area contributed by atoms with Gasteiger partial charge >= 0.3 is 5.13 Å². The van der Waals surface area contributed by atoms with E-state index in [-0.39, 0.29) is 10.8 Å². The van der Waals surface area contributed by atoms with Gasteiger partial charge in [0.15, 0.2) is 6.17 Å². The molecule has 1 aromatic rings. The zero-order chi connectivity index (χ0) is 15.6. The number of hydroxylamine groups is 2. The van der Waals surface area contributed by atoms with Crippen LogP contribution in [0.25, 0.3) is 0 Å². The van der Waals surface area contributed by atoms with Gasteiger partial charge in [0.1, 0.15) is 11.7 Å². The molecule has 0 aromatic carbocycles. The SMILES string of the molecule is CCCCCCc1nnc([N+]2([O-])CN(CC)CC2N2CC2)s1. The van der Waals surface area contributed by atoms with Crippen molar-refractivity contribution in [1.29, 1.82) is 0 Å². The number of rotatable bonds is 8. The number of aromatic nitrogens is 2. The Morgan fingerprint density at radius 3 is 2.73 bits per heavy atom. The van der Waals surface area contributed by atoms with Crippen LogP contribution in [0.3, 0.4) is 0 Å². The fourth-order valence-corrected chi connectivity index (χ4v) is 4.12. The molecule has 6 nitrogen and oxygen atoms in total. The van der Waals surface area contributed by atoms with Crippen molar-refractivity contribution in [3.05, 3.63) is 10.2 Å². The smallest absolute Gasteiger partial charge is 0.309 e. The van der Waals surface area contributed by atoms with Gasteiger partial charge in [0.05, 0.1) is 6.54 Å². The average molecular weight is 325 g/mol. The molecule has 3 rings (SSSR count). The Balaban J connectivity index is 1.67. The molecular weight excluding hydrogens is 298 g/mol. The molecule has 0 amide bonds. The molecule has 3 heterocycles.